The largest absolute Gasteiger partial charge is 0.465 e. The van der Waals surface area contributed by atoms with E-state index >= 15 is 0 Å². The van der Waals surface area contributed by atoms with Crippen molar-refractivity contribution < 1.29 is 23.5 Å². The molecule has 38 heavy (non-hydrogen) atoms. The standard InChI is InChI=1S/C31H22N2O5/c1-37-31(36)18-8-6-7-17(15-18)24-14-13-19(38-24)16-32-33-29(34)27-25-20-9-2-3-10-21(20)26(28(27)30(33)35)23-12-5-4-11-22(23)25/h2-16,25-28H,1H3/b32-16-/t25?,26?,27-,28+. The van der Waals surface area contributed by atoms with Gasteiger partial charge in [-0.1, -0.05) is 60.7 Å². The normalized spacial score (nSPS) is 22.9. The molecule has 8 rings (SSSR count). The number of hydrazone groups is 1. The summed E-state index contributed by atoms with van der Waals surface area (Å²) < 4.78 is 10.7. The van der Waals surface area contributed by atoms with Gasteiger partial charge in [0.15, 0.2) is 0 Å². The minimum Gasteiger partial charge on any atom is -0.465 e. The van der Waals surface area contributed by atoms with Gasteiger partial charge in [-0.3, -0.25) is 9.59 Å². The van der Waals surface area contributed by atoms with Crippen molar-refractivity contribution in [1.29, 1.82) is 0 Å². The molecule has 1 saturated heterocycles. The van der Waals surface area contributed by atoms with Gasteiger partial charge in [-0.25, -0.2) is 4.79 Å². The Balaban J connectivity index is 1.20. The predicted molar refractivity (Wildman–Crippen MR) is 138 cm³/mol. The van der Waals surface area contributed by atoms with Gasteiger partial charge in [0.05, 0.1) is 30.7 Å². The van der Waals surface area contributed by atoms with E-state index < -0.39 is 17.8 Å². The average Bonchev–Trinajstić information content (AvgIpc) is 3.54. The number of amides is 2. The lowest BCUT2D eigenvalue weighted by molar-refractivity contribution is -0.139. The van der Waals surface area contributed by atoms with Crippen molar-refractivity contribution in [3.63, 3.8) is 0 Å². The molecule has 0 unspecified atom stereocenters. The van der Waals surface area contributed by atoms with E-state index in [2.05, 4.69) is 29.4 Å². The van der Waals surface area contributed by atoms with Crippen LogP contribution in [0.5, 0.6) is 0 Å². The molecular weight excluding hydrogens is 480 g/mol. The van der Waals surface area contributed by atoms with Crippen LogP contribution < -0.4 is 0 Å². The second-order valence-electron chi connectivity index (χ2n) is 9.77. The second-order valence-corrected chi connectivity index (χ2v) is 9.77. The smallest absolute Gasteiger partial charge is 0.337 e. The monoisotopic (exact) mass is 502 g/mol. The summed E-state index contributed by atoms with van der Waals surface area (Å²) in [4.78, 5) is 39.2. The maximum absolute atomic E-state index is 13.7. The zero-order chi connectivity index (χ0) is 26.0. The molecule has 7 heteroatoms. The van der Waals surface area contributed by atoms with Gasteiger partial charge in [-0.2, -0.15) is 10.1 Å². The predicted octanol–water partition coefficient (Wildman–Crippen LogP) is 4.96. The molecule has 2 atom stereocenters. The van der Waals surface area contributed by atoms with Crippen LogP contribution in [0.4, 0.5) is 0 Å². The van der Waals surface area contributed by atoms with Crippen molar-refractivity contribution in [2.45, 2.75) is 11.8 Å². The van der Waals surface area contributed by atoms with E-state index in [0.717, 1.165) is 27.3 Å². The highest BCUT2D eigenvalue weighted by molar-refractivity contribution is 6.08. The fraction of sp³-hybridized carbons (Fsp3) is 0.161. The van der Waals surface area contributed by atoms with Crippen LogP contribution in [0.1, 0.15) is 50.2 Å². The number of carbonyl (C=O) groups excluding carboxylic acids is 3. The fourth-order valence-corrected chi connectivity index (χ4v) is 6.38. The molecule has 2 bridgehead atoms. The van der Waals surface area contributed by atoms with E-state index in [0.29, 0.717) is 22.6 Å². The van der Waals surface area contributed by atoms with E-state index in [1.807, 2.05) is 30.3 Å². The lowest BCUT2D eigenvalue weighted by Crippen LogP contribution is -2.41. The van der Waals surface area contributed by atoms with E-state index in [9.17, 15) is 14.4 Å². The Morgan fingerprint density at radius 3 is 1.95 bits per heavy atom. The number of hydrogen-bond donors (Lipinski definition) is 0. The van der Waals surface area contributed by atoms with Gasteiger partial charge in [-0.15, -0.1) is 0 Å². The van der Waals surface area contributed by atoms with Crippen LogP contribution in [0.3, 0.4) is 0 Å². The molecule has 3 aliphatic carbocycles. The Kier molecular flexibility index (Phi) is 4.94. The number of carbonyl (C=O) groups is 3. The first-order valence-electron chi connectivity index (χ1n) is 12.4. The molecule has 0 radical (unpaired) electrons. The van der Waals surface area contributed by atoms with Gasteiger partial charge in [0.1, 0.15) is 11.5 Å². The van der Waals surface area contributed by atoms with Crippen molar-refractivity contribution >= 4 is 24.0 Å². The highest BCUT2D eigenvalue weighted by Crippen LogP contribution is 2.60. The second kappa shape index (κ2) is 8.38. The van der Waals surface area contributed by atoms with Gasteiger partial charge >= 0.3 is 5.97 Å². The Hall–Kier alpha value is -4.78. The number of furan rings is 1. The molecule has 4 aromatic rings. The van der Waals surface area contributed by atoms with E-state index in [1.165, 1.54) is 13.3 Å². The number of methoxy groups -OCH3 is 1. The van der Waals surface area contributed by atoms with E-state index in [1.54, 1.807) is 30.3 Å². The van der Waals surface area contributed by atoms with Crippen LogP contribution in [0.25, 0.3) is 11.3 Å². The average molecular weight is 503 g/mol. The van der Waals surface area contributed by atoms with Crippen LogP contribution in [-0.4, -0.2) is 36.1 Å². The quantitative estimate of drug-likeness (QED) is 0.224. The minimum absolute atomic E-state index is 0.175. The molecular formula is C31H22N2O5. The number of ether oxygens (including phenoxy) is 1. The molecule has 7 nitrogen and oxygen atoms in total. The van der Waals surface area contributed by atoms with E-state index in [4.69, 9.17) is 9.15 Å². The summed E-state index contributed by atoms with van der Waals surface area (Å²) in [6.07, 6.45) is 1.39. The summed E-state index contributed by atoms with van der Waals surface area (Å²) in [5.74, 6) is -1.42. The van der Waals surface area contributed by atoms with E-state index in [-0.39, 0.29) is 23.7 Å². The lowest BCUT2D eigenvalue weighted by Gasteiger charge is -2.45. The third-order valence-corrected chi connectivity index (χ3v) is 7.92. The van der Waals surface area contributed by atoms with Crippen molar-refractivity contribution in [3.05, 3.63) is 119 Å². The van der Waals surface area contributed by atoms with Crippen molar-refractivity contribution in [1.82, 2.24) is 5.01 Å². The topological polar surface area (TPSA) is 89.2 Å². The van der Waals surface area contributed by atoms with Crippen molar-refractivity contribution in [2.75, 3.05) is 7.11 Å². The number of rotatable bonds is 4. The highest BCUT2D eigenvalue weighted by Gasteiger charge is 2.61. The number of benzene rings is 3. The summed E-state index contributed by atoms with van der Waals surface area (Å²) in [6, 6.07) is 26.6. The fourth-order valence-electron chi connectivity index (χ4n) is 6.38. The van der Waals surface area contributed by atoms with Gasteiger partial charge in [0.25, 0.3) is 11.8 Å². The maximum Gasteiger partial charge on any atom is 0.337 e. The minimum atomic E-state index is -0.484. The van der Waals surface area contributed by atoms with Gasteiger partial charge in [-0.05, 0) is 46.5 Å². The summed E-state index contributed by atoms with van der Waals surface area (Å²) in [5, 5.41) is 5.33. The van der Waals surface area contributed by atoms with Crippen LogP contribution in [-0.2, 0) is 14.3 Å². The molecule has 0 spiro atoms. The lowest BCUT2D eigenvalue weighted by atomic mass is 9.55. The van der Waals surface area contributed by atoms with Crippen molar-refractivity contribution in [2.24, 2.45) is 16.9 Å². The highest BCUT2D eigenvalue weighted by atomic mass is 16.5. The molecule has 1 aromatic heterocycles. The Morgan fingerprint density at radius 2 is 1.39 bits per heavy atom. The number of imide groups is 1. The third-order valence-electron chi connectivity index (χ3n) is 7.92. The molecule has 0 saturated carbocycles. The van der Waals surface area contributed by atoms with Gasteiger partial charge in [0.2, 0.25) is 0 Å². The third kappa shape index (κ3) is 3.14. The first-order valence-corrected chi connectivity index (χ1v) is 12.4. The molecule has 2 heterocycles. The molecule has 0 N–H and O–H groups in total. The number of esters is 1. The molecule has 1 fully saturated rings. The zero-order valence-electron chi connectivity index (χ0n) is 20.4. The van der Waals surface area contributed by atoms with Crippen LogP contribution >= 0.6 is 0 Å². The number of hydrogen-bond acceptors (Lipinski definition) is 6. The molecule has 4 aliphatic rings. The van der Waals surface area contributed by atoms with Gasteiger partial charge in [0, 0.05) is 17.4 Å². The molecule has 186 valence electrons. The molecule has 3 aromatic carbocycles. The summed E-state index contributed by atoms with van der Waals surface area (Å²) in [7, 11) is 1.33. The first-order chi connectivity index (χ1) is 18.6. The van der Waals surface area contributed by atoms with Gasteiger partial charge < -0.3 is 9.15 Å². The van der Waals surface area contributed by atoms with Crippen LogP contribution in [0, 0.1) is 11.8 Å². The zero-order valence-corrected chi connectivity index (χ0v) is 20.4. The van der Waals surface area contributed by atoms with Crippen molar-refractivity contribution in [3.8, 4) is 11.3 Å². The van der Waals surface area contributed by atoms with Crippen LogP contribution in [0.15, 0.2) is 94.4 Å². The molecule has 1 aliphatic heterocycles. The summed E-state index contributed by atoms with van der Waals surface area (Å²) in [6.45, 7) is 0. The number of nitrogens with zero attached hydrogens (tertiary/aromatic N) is 2. The van der Waals surface area contributed by atoms with Crippen LogP contribution in [0.2, 0.25) is 0 Å². The molecule has 2 amide bonds. The summed E-state index contributed by atoms with van der Waals surface area (Å²) in [5.41, 5.74) is 5.58. The Morgan fingerprint density at radius 1 is 0.816 bits per heavy atom. The SMILES string of the molecule is COC(=O)c1cccc(-c2ccc(/C=N\N3C(=O)[C@@H]4C5c6ccccc6C(c6ccccc65)[C@@H]4C3=O)o2)c1. The summed E-state index contributed by atoms with van der Waals surface area (Å²) >= 11 is 0. The Bertz CT molecular complexity index is 1550. The Labute approximate surface area is 218 Å². The first kappa shape index (κ1) is 22.4. The maximum atomic E-state index is 13.7.